The van der Waals surface area contributed by atoms with Crippen molar-refractivity contribution in [3.05, 3.63) is 89.5 Å². The molecule has 3 heterocycles. The molecule has 39 heavy (non-hydrogen) atoms. The second-order valence-corrected chi connectivity index (χ2v) is 10.2. The minimum absolute atomic E-state index is 0.0591. The summed E-state index contributed by atoms with van der Waals surface area (Å²) in [5.74, 6) is -0.107. The quantitative estimate of drug-likeness (QED) is 0.397. The van der Waals surface area contributed by atoms with E-state index < -0.39 is 6.04 Å². The van der Waals surface area contributed by atoms with Gasteiger partial charge in [-0.15, -0.1) is 0 Å². The van der Waals surface area contributed by atoms with Crippen LogP contribution in [0.15, 0.2) is 72.8 Å². The highest BCUT2D eigenvalue weighted by atomic mass is 16.5. The molecule has 1 fully saturated rings. The van der Waals surface area contributed by atoms with Crippen molar-refractivity contribution in [3.63, 3.8) is 0 Å². The number of methoxy groups -OCH3 is 1. The Morgan fingerprint density at radius 3 is 2.51 bits per heavy atom. The number of rotatable bonds is 6. The van der Waals surface area contributed by atoms with E-state index in [-0.39, 0.29) is 30.2 Å². The van der Waals surface area contributed by atoms with Gasteiger partial charge in [0.05, 0.1) is 18.8 Å². The first-order chi connectivity index (χ1) is 19.0. The molecule has 0 radical (unpaired) electrons. The van der Waals surface area contributed by atoms with Crippen molar-refractivity contribution in [2.24, 2.45) is 11.7 Å². The highest BCUT2D eigenvalue weighted by Gasteiger charge is 2.41. The number of fused-ring (bicyclic) bond motifs is 2. The number of amides is 3. The Kier molecular flexibility index (Phi) is 6.30. The fourth-order valence-electron chi connectivity index (χ4n) is 5.96. The number of carbonyl (C=O) groups is 3. The van der Waals surface area contributed by atoms with Gasteiger partial charge < -0.3 is 25.3 Å². The summed E-state index contributed by atoms with van der Waals surface area (Å²) in [6.45, 7) is 0.846. The van der Waals surface area contributed by atoms with Crippen LogP contribution in [0.1, 0.15) is 40.4 Å². The highest BCUT2D eigenvalue weighted by Crippen LogP contribution is 2.45. The maximum atomic E-state index is 13.8. The molecule has 8 heteroatoms. The van der Waals surface area contributed by atoms with Crippen LogP contribution >= 0.6 is 0 Å². The Hall–Kier alpha value is -4.59. The Balaban J connectivity index is 1.44. The summed E-state index contributed by atoms with van der Waals surface area (Å²) >= 11 is 0. The maximum Gasteiger partial charge on any atom is 0.255 e. The zero-order chi connectivity index (χ0) is 27.1. The summed E-state index contributed by atoms with van der Waals surface area (Å²) in [5.41, 5.74) is 10.6. The molecule has 1 saturated heterocycles. The van der Waals surface area contributed by atoms with Crippen LogP contribution in [0.5, 0.6) is 5.75 Å². The van der Waals surface area contributed by atoms with E-state index in [1.807, 2.05) is 72.8 Å². The molecule has 3 N–H and O–H groups in total. The number of aromatic amines is 1. The first-order valence-electron chi connectivity index (χ1n) is 13.2. The van der Waals surface area contributed by atoms with Crippen LogP contribution in [-0.2, 0) is 9.59 Å². The first-order valence-corrected chi connectivity index (χ1v) is 13.2. The van der Waals surface area contributed by atoms with Crippen molar-refractivity contribution < 1.29 is 19.1 Å². The molecule has 2 aliphatic rings. The number of carbonyl (C=O) groups excluding carboxylic acids is 3. The number of ether oxygens (including phenoxy) is 1. The number of primary amides is 1. The minimum Gasteiger partial charge on any atom is -0.497 e. The molecule has 0 spiro atoms. The van der Waals surface area contributed by atoms with Gasteiger partial charge in [-0.25, -0.2) is 0 Å². The summed E-state index contributed by atoms with van der Waals surface area (Å²) in [4.78, 5) is 46.0. The van der Waals surface area contributed by atoms with Gasteiger partial charge in [0.1, 0.15) is 12.3 Å². The number of hydrogen-bond acceptors (Lipinski definition) is 4. The maximum absolute atomic E-state index is 13.8. The number of para-hydroxylation sites is 1. The van der Waals surface area contributed by atoms with Crippen molar-refractivity contribution in [1.82, 2.24) is 14.8 Å². The van der Waals surface area contributed by atoms with Crippen molar-refractivity contribution in [2.75, 3.05) is 26.7 Å². The molecule has 0 aliphatic carbocycles. The smallest absolute Gasteiger partial charge is 0.255 e. The summed E-state index contributed by atoms with van der Waals surface area (Å²) in [5, 5.41) is 0.990. The van der Waals surface area contributed by atoms with Gasteiger partial charge in [0.2, 0.25) is 11.8 Å². The van der Waals surface area contributed by atoms with E-state index in [9.17, 15) is 14.4 Å². The Morgan fingerprint density at radius 2 is 1.74 bits per heavy atom. The van der Waals surface area contributed by atoms with Crippen LogP contribution < -0.4 is 10.5 Å². The van der Waals surface area contributed by atoms with Crippen LogP contribution in [0.25, 0.3) is 22.2 Å². The number of hydrogen-bond donors (Lipinski definition) is 2. The normalized spacial score (nSPS) is 17.5. The van der Waals surface area contributed by atoms with Gasteiger partial charge in [0.15, 0.2) is 0 Å². The van der Waals surface area contributed by atoms with Crippen molar-refractivity contribution >= 4 is 28.6 Å². The minimum atomic E-state index is -0.460. The molecule has 0 saturated carbocycles. The van der Waals surface area contributed by atoms with E-state index in [0.717, 1.165) is 39.0 Å². The third-order valence-electron chi connectivity index (χ3n) is 7.99. The lowest BCUT2D eigenvalue weighted by molar-refractivity contribution is -0.135. The Morgan fingerprint density at radius 1 is 1.00 bits per heavy atom. The molecule has 1 aromatic heterocycles. The molecular formula is C31H30N4O4. The molecule has 3 amide bonds. The molecule has 3 aromatic carbocycles. The van der Waals surface area contributed by atoms with Crippen LogP contribution in [-0.4, -0.2) is 59.2 Å². The van der Waals surface area contributed by atoms with Gasteiger partial charge in [-0.05, 0) is 42.7 Å². The zero-order valence-corrected chi connectivity index (χ0v) is 21.7. The summed E-state index contributed by atoms with van der Waals surface area (Å²) in [7, 11) is 1.64. The topological polar surface area (TPSA) is 109 Å². The van der Waals surface area contributed by atoms with Gasteiger partial charge in [0, 0.05) is 46.6 Å². The van der Waals surface area contributed by atoms with Crippen LogP contribution in [0.4, 0.5) is 0 Å². The number of likely N-dealkylation sites (tertiary alicyclic amines) is 1. The summed E-state index contributed by atoms with van der Waals surface area (Å²) < 4.78 is 5.49. The van der Waals surface area contributed by atoms with Crippen molar-refractivity contribution in [3.8, 4) is 17.0 Å². The number of nitrogens with two attached hydrogens (primary N) is 1. The lowest BCUT2D eigenvalue weighted by Crippen LogP contribution is -2.46. The van der Waals surface area contributed by atoms with Crippen molar-refractivity contribution in [1.29, 1.82) is 0 Å². The van der Waals surface area contributed by atoms with Gasteiger partial charge in [0.25, 0.3) is 5.91 Å². The second kappa shape index (κ2) is 9.94. The van der Waals surface area contributed by atoms with Gasteiger partial charge in [-0.3, -0.25) is 14.4 Å². The monoisotopic (exact) mass is 522 g/mol. The molecule has 1 atom stereocenters. The van der Waals surface area contributed by atoms with Crippen LogP contribution in [0, 0.1) is 5.92 Å². The predicted molar refractivity (Wildman–Crippen MR) is 148 cm³/mol. The molecule has 8 nitrogen and oxygen atoms in total. The Bertz CT molecular complexity index is 1580. The third-order valence-corrected chi connectivity index (χ3v) is 7.99. The number of H-pyrrole nitrogens is 1. The van der Waals surface area contributed by atoms with Gasteiger partial charge in [-0.2, -0.15) is 0 Å². The third kappa shape index (κ3) is 4.31. The molecule has 0 unspecified atom stereocenters. The highest BCUT2D eigenvalue weighted by molar-refractivity contribution is 6.03. The molecule has 0 bridgehead atoms. The van der Waals surface area contributed by atoms with E-state index >= 15 is 0 Å². The van der Waals surface area contributed by atoms with E-state index in [2.05, 4.69) is 4.98 Å². The average Bonchev–Trinajstić information content (AvgIpc) is 3.48. The van der Waals surface area contributed by atoms with Crippen molar-refractivity contribution in [2.45, 2.75) is 18.9 Å². The standard InChI is InChI=1S/C31H30N4O4/c1-39-21-8-6-7-20(17-21)28-27(24-11-4-5-12-25(24)33-28)29-22-9-2-3-10-23(22)31(38)35(29)18-26(36)34-15-13-19(14-16-34)30(32)37/h2-12,17,19,29,33H,13-16,18H2,1H3,(H2,32,37)/t29-/m1/s1. The van der Waals surface area contributed by atoms with Crippen LogP contribution in [0.3, 0.4) is 0 Å². The summed E-state index contributed by atoms with van der Waals surface area (Å²) in [6.07, 6.45) is 1.09. The lowest BCUT2D eigenvalue weighted by atomic mass is 9.93. The second-order valence-electron chi connectivity index (χ2n) is 10.2. The van der Waals surface area contributed by atoms with E-state index in [1.54, 1.807) is 16.9 Å². The van der Waals surface area contributed by atoms with E-state index in [1.165, 1.54) is 0 Å². The first kappa shape index (κ1) is 24.7. The molecule has 2 aliphatic heterocycles. The molecular weight excluding hydrogens is 492 g/mol. The largest absolute Gasteiger partial charge is 0.497 e. The predicted octanol–water partition coefficient (Wildman–Crippen LogP) is 4.11. The Labute approximate surface area is 226 Å². The fraction of sp³-hybridized carbons (Fsp3) is 0.258. The lowest BCUT2D eigenvalue weighted by Gasteiger charge is -2.33. The summed E-state index contributed by atoms with van der Waals surface area (Å²) in [6, 6.07) is 23.0. The number of nitrogens with zero attached hydrogens (tertiary/aromatic N) is 2. The van der Waals surface area contributed by atoms with Gasteiger partial charge >= 0.3 is 0 Å². The fourth-order valence-corrected chi connectivity index (χ4v) is 5.96. The zero-order valence-electron chi connectivity index (χ0n) is 21.7. The van der Waals surface area contributed by atoms with Gasteiger partial charge in [-0.1, -0.05) is 48.5 Å². The number of aromatic nitrogens is 1. The van der Waals surface area contributed by atoms with Crippen LogP contribution in [0.2, 0.25) is 0 Å². The molecule has 198 valence electrons. The van der Waals surface area contributed by atoms with E-state index in [4.69, 9.17) is 10.5 Å². The molecule has 4 aromatic rings. The average molecular weight is 523 g/mol. The molecule has 6 rings (SSSR count). The number of nitrogens with one attached hydrogen (secondary N) is 1. The van der Waals surface area contributed by atoms with E-state index in [0.29, 0.717) is 31.5 Å². The number of piperidine rings is 1. The number of benzene rings is 3. The SMILES string of the molecule is COc1cccc(-c2[nH]c3ccccc3c2[C@H]2c3ccccc3C(=O)N2CC(=O)N2CCC(C(N)=O)CC2)c1.